The number of benzene rings is 2. The Bertz CT molecular complexity index is 1350. The van der Waals surface area contributed by atoms with Gasteiger partial charge < -0.3 is 30.7 Å². The molecule has 234 valence electrons. The Morgan fingerprint density at radius 2 is 1.41 bits per heavy atom. The summed E-state index contributed by atoms with van der Waals surface area (Å²) in [7, 11) is 0. The van der Waals surface area contributed by atoms with Crippen LogP contribution in [-0.4, -0.2) is 66.4 Å². The number of halogens is 1. The Balaban J connectivity index is 0.955. The second kappa shape index (κ2) is 14.8. The molecule has 44 heavy (non-hydrogen) atoms. The molecule has 4 bridgehead atoms. The maximum atomic E-state index is 13.7. The molecule has 0 aliphatic heterocycles. The largest absolute Gasteiger partial charge is 0.377 e. The summed E-state index contributed by atoms with van der Waals surface area (Å²) in [6.07, 6.45) is 6.61. The van der Waals surface area contributed by atoms with Crippen molar-refractivity contribution >= 4 is 23.8 Å². The lowest BCUT2D eigenvalue weighted by Crippen LogP contribution is -2.51. The highest BCUT2D eigenvalue weighted by Gasteiger charge is 2.48. The summed E-state index contributed by atoms with van der Waals surface area (Å²) in [6.45, 7) is 3.08. The van der Waals surface area contributed by atoms with Crippen LogP contribution in [0, 0.1) is 29.5 Å². The molecule has 4 saturated carbocycles. The van der Waals surface area contributed by atoms with E-state index in [9.17, 15) is 9.18 Å². The van der Waals surface area contributed by atoms with E-state index in [1.807, 2.05) is 24.3 Å². The standard InChI is InChI=1S/C33H42FN7O3/c34-28-8-4-5-22(20-28)21-37-32-39-31(40-33(41-32)38-29-26-16-23-15-24(18-26)19-27(29)17-23)36-10-12-44-14-13-43-11-9-35-30(42)25-6-2-1-3-7-25/h1-8,20,23-24,26-27,29H,9-19,21H2,(H,35,42)(H3,36,37,38,39,40,41). The summed E-state index contributed by atoms with van der Waals surface area (Å²) in [4.78, 5) is 26.0. The van der Waals surface area contributed by atoms with Gasteiger partial charge in [-0.15, -0.1) is 0 Å². The van der Waals surface area contributed by atoms with E-state index in [4.69, 9.17) is 19.4 Å². The Hall–Kier alpha value is -3.83. The van der Waals surface area contributed by atoms with Gasteiger partial charge in [0, 0.05) is 31.2 Å². The zero-order valence-electron chi connectivity index (χ0n) is 25.0. The van der Waals surface area contributed by atoms with Crippen LogP contribution in [0.2, 0.25) is 0 Å². The molecule has 0 atom stereocenters. The molecule has 0 spiro atoms. The summed E-state index contributed by atoms with van der Waals surface area (Å²) in [6, 6.07) is 16.0. The minimum Gasteiger partial charge on any atom is -0.377 e. The highest BCUT2D eigenvalue weighted by atomic mass is 19.1. The summed E-state index contributed by atoms with van der Waals surface area (Å²) in [5.74, 6) is 4.22. The van der Waals surface area contributed by atoms with Crippen molar-refractivity contribution in [2.75, 3.05) is 55.5 Å². The summed E-state index contributed by atoms with van der Waals surface area (Å²) < 4.78 is 25.0. The average molecular weight is 604 g/mol. The van der Waals surface area contributed by atoms with Crippen LogP contribution in [0.4, 0.5) is 22.2 Å². The lowest BCUT2D eigenvalue weighted by molar-refractivity contribution is 0.00728. The number of rotatable bonds is 16. The van der Waals surface area contributed by atoms with Crippen LogP contribution < -0.4 is 21.3 Å². The van der Waals surface area contributed by atoms with Crippen molar-refractivity contribution in [2.45, 2.75) is 44.7 Å². The van der Waals surface area contributed by atoms with Crippen molar-refractivity contribution in [3.05, 3.63) is 71.5 Å². The van der Waals surface area contributed by atoms with Crippen LogP contribution in [0.15, 0.2) is 54.6 Å². The molecule has 1 amide bonds. The van der Waals surface area contributed by atoms with Crippen LogP contribution in [0.5, 0.6) is 0 Å². The van der Waals surface area contributed by atoms with Crippen molar-refractivity contribution in [3.63, 3.8) is 0 Å². The second-order valence-electron chi connectivity index (χ2n) is 12.2. The fraction of sp³-hybridized carbons (Fsp3) is 0.515. The molecule has 4 aliphatic rings. The summed E-state index contributed by atoms with van der Waals surface area (Å²) in [5.41, 5.74) is 1.44. The van der Waals surface area contributed by atoms with Gasteiger partial charge in [0.1, 0.15) is 5.82 Å². The Morgan fingerprint density at radius 3 is 2.11 bits per heavy atom. The number of amides is 1. The van der Waals surface area contributed by atoms with Crippen molar-refractivity contribution < 1.29 is 18.7 Å². The highest BCUT2D eigenvalue weighted by Crippen LogP contribution is 2.54. The number of carbonyl (C=O) groups excluding carboxylic acids is 1. The number of anilines is 3. The van der Waals surface area contributed by atoms with Gasteiger partial charge in [-0.3, -0.25) is 4.79 Å². The lowest BCUT2D eigenvalue weighted by Gasteiger charge is -2.54. The smallest absolute Gasteiger partial charge is 0.251 e. The monoisotopic (exact) mass is 603 g/mol. The van der Waals surface area contributed by atoms with Gasteiger partial charge in [-0.05, 0) is 85.6 Å². The molecule has 2 aromatic carbocycles. The number of hydrogen-bond donors (Lipinski definition) is 4. The van der Waals surface area contributed by atoms with Crippen molar-refractivity contribution in [2.24, 2.45) is 23.7 Å². The van der Waals surface area contributed by atoms with Crippen LogP contribution in [0.1, 0.15) is 48.0 Å². The third kappa shape index (κ3) is 8.21. The minimum absolute atomic E-state index is 0.112. The van der Waals surface area contributed by atoms with Gasteiger partial charge in [0.25, 0.3) is 5.91 Å². The average Bonchev–Trinajstić information content (AvgIpc) is 3.03. The van der Waals surface area contributed by atoms with E-state index in [-0.39, 0.29) is 11.7 Å². The third-order valence-corrected chi connectivity index (χ3v) is 8.97. The lowest BCUT2D eigenvalue weighted by atomic mass is 9.54. The molecule has 4 fully saturated rings. The first-order valence-corrected chi connectivity index (χ1v) is 15.8. The van der Waals surface area contributed by atoms with Crippen molar-refractivity contribution in [1.82, 2.24) is 20.3 Å². The molecule has 3 aromatic rings. The van der Waals surface area contributed by atoms with E-state index < -0.39 is 0 Å². The molecule has 0 unspecified atom stereocenters. The fourth-order valence-corrected chi connectivity index (χ4v) is 7.22. The number of ether oxygens (including phenoxy) is 2. The van der Waals surface area contributed by atoms with Gasteiger partial charge in [-0.1, -0.05) is 30.3 Å². The van der Waals surface area contributed by atoms with Gasteiger partial charge in [-0.2, -0.15) is 15.0 Å². The van der Waals surface area contributed by atoms with E-state index in [2.05, 4.69) is 26.3 Å². The molecular weight excluding hydrogens is 561 g/mol. The van der Waals surface area contributed by atoms with Crippen LogP contribution in [-0.2, 0) is 16.0 Å². The predicted octanol–water partition coefficient (Wildman–Crippen LogP) is 4.73. The van der Waals surface area contributed by atoms with E-state index in [1.54, 1.807) is 18.2 Å². The van der Waals surface area contributed by atoms with E-state index in [0.29, 0.717) is 87.3 Å². The Labute approximate surface area is 258 Å². The summed E-state index contributed by atoms with van der Waals surface area (Å²) in [5, 5.41) is 13.0. The van der Waals surface area contributed by atoms with E-state index >= 15 is 0 Å². The molecule has 0 radical (unpaired) electrons. The van der Waals surface area contributed by atoms with Gasteiger partial charge in [0.15, 0.2) is 0 Å². The normalized spacial score (nSPS) is 23.3. The fourth-order valence-electron chi connectivity index (χ4n) is 7.22. The first-order valence-electron chi connectivity index (χ1n) is 15.8. The number of nitrogens with one attached hydrogen (secondary N) is 4. The van der Waals surface area contributed by atoms with Crippen molar-refractivity contribution in [3.8, 4) is 0 Å². The predicted molar refractivity (Wildman–Crippen MR) is 167 cm³/mol. The number of nitrogens with zero attached hydrogens (tertiary/aromatic N) is 3. The first-order chi connectivity index (χ1) is 21.6. The molecular formula is C33H42FN7O3. The minimum atomic E-state index is -0.272. The summed E-state index contributed by atoms with van der Waals surface area (Å²) >= 11 is 0. The molecule has 7 rings (SSSR count). The zero-order valence-corrected chi connectivity index (χ0v) is 25.0. The Morgan fingerprint density at radius 1 is 0.750 bits per heavy atom. The van der Waals surface area contributed by atoms with Gasteiger partial charge in [0.2, 0.25) is 17.8 Å². The number of aromatic nitrogens is 3. The van der Waals surface area contributed by atoms with Crippen LogP contribution in [0.3, 0.4) is 0 Å². The number of carbonyl (C=O) groups is 1. The van der Waals surface area contributed by atoms with Crippen LogP contribution >= 0.6 is 0 Å². The molecule has 0 saturated heterocycles. The van der Waals surface area contributed by atoms with Crippen molar-refractivity contribution in [1.29, 1.82) is 0 Å². The molecule has 10 nitrogen and oxygen atoms in total. The third-order valence-electron chi connectivity index (χ3n) is 8.97. The van der Waals surface area contributed by atoms with E-state index in [1.165, 1.54) is 44.2 Å². The van der Waals surface area contributed by atoms with Gasteiger partial charge in [0.05, 0.1) is 26.4 Å². The molecule has 11 heteroatoms. The quantitative estimate of drug-likeness (QED) is 0.172. The SMILES string of the molecule is O=C(NCCOCCOCCNc1nc(NCc2cccc(F)c2)nc(NC2C3CC4CC(C3)CC2C4)n1)c1ccccc1. The van der Waals surface area contributed by atoms with Gasteiger partial charge in [-0.25, -0.2) is 4.39 Å². The topological polar surface area (TPSA) is 122 Å². The molecule has 4 N–H and O–H groups in total. The Kier molecular flexibility index (Phi) is 10.1. The molecule has 1 heterocycles. The maximum absolute atomic E-state index is 13.7. The second-order valence-corrected chi connectivity index (χ2v) is 12.2. The van der Waals surface area contributed by atoms with E-state index in [0.717, 1.165) is 17.4 Å². The molecule has 1 aromatic heterocycles. The maximum Gasteiger partial charge on any atom is 0.251 e. The first kappa shape index (κ1) is 30.2. The number of hydrogen-bond acceptors (Lipinski definition) is 9. The highest BCUT2D eigenvalue weighted by molar-refractivity contribution is 5.94. The van der Waals surface area contributed by atoms with Crippen LogP contribution in [0.25, 0.3) is 0 Å². The van der Waals surface area contributed by atoms with Gasteiger partial charge >= 0.3 is 0 Å². The zero-order chi connectivity index (χ0) is 30.1. The molecule has 4 aliphatic carbocycles.